The second kappa shape index (κ2) is 8.13. The number of hydrogen-bond acceptors (Lipinski definition) is 3. The normalized spacial score (nSPS) is 13.1. The molecule has 31 heavy (non-hydrogen) atoms. The summed E-state index contributed by atoms with van der Waals surface area (Å²) in [5.74, 6) is -1.92. The van der Waals surface area contributed by atoms with Crippen LogP contribution in [0.25, 0.3) is 11.3 Å². The zero-order valence-corrected chi connectivity index (χ0v) is 16.2. The number of amides is 3. The molecule has 0 aliphatic carbocycles. The van der Waals surface area contributed by atoms with Gasteiger partial charge >= 0.3 is 6.03 Å². The lowest BCUT2D eigenvalue weighted by Crippen LogP contribution is -2.41. The number of carbonyl (C=O) groups excluding carboxylic acids is 2. The van der Waals surface area contributed by atoms with Gasteiger partial charge in [0.2, 0.25) is 0 Å². The minimum atomic E-state index is -0.997. The van der Waals surface area contributed by atoms with Crippen molar-refractivity contribution in [3.63, 3.8) is 0 Å². The van der Waals surface area contributed by atoms with Gasteiger partial charge in [-0.15, -0.1) is 0 Å². The molecule has 1 aliphatic heterocycles. The van der Waals surface area contributed by atoms with Gasteiger partial charge in [0.1, 0.15) is 24.0 Å². The van der Waals surface area contributed by atoms with Crippen molar-refractivity contribution in [1.82, 2.24) is 14.7 Å². The molecule has 1 aromatic heterocycles. The first-order valence-electron chi connectivity index (χ1n) is 9.43. The smallest absolute Gasteiger partial charge is 0.322 e. The predicted molar refractivity (Wildman–Crippen MR) is 107 cm³/mol. The van der Waals surface area contributed by atoms with Crippen molar-refractivity contribution in [3.8, 4) is 11.3 Å². The molecule has 0 radical (unpaired) electrons. The van der Waals surface area contributed by atoms with Gasteiger partial charge < -0.3 is 16.0 Å². The molecule has 0 unspecified atom stereocenters. The van der Waals surface area contributed by atoms with Crippen LogP contribution in [0.3, 0.4) is 0 Å². The summed E-state index contributed by atoms with van der Waals surface area (Å²) >= 11 is 0. The Labute approximate surface area is 175 Å². The number of nitrogens with one attached hydrogen (secondary N) is 1. The van der Waals surface area contributed by atoms with E-state index in [4.69, 9.17) is 5.73 Å². The van der Waals surface area contributed by atoms with Gasteiger partial charge in [0.15, 0.2) is 0 Å². The number of benzene rings is 2. The van der Waals surface area contributed by atoms with Crippen LogP contribution in [0.5, 0.6) is 0 Å². The molecule has 3 amide bonds. The van der Waals surface area contributed by atoms with E-state index < -0.39 is 30.2 Å². The van der Waals surface area contributed by atoms with Crippen LogP contribution in [0.1, 0.15) is 21.6 Å². The summed E-state index contributed by atoms with van der Waals surface area (Å²) in [6.45, 7) is -0.400. The number of primary amides is 1. The Morgan fingerprint density at radius 1 is 1.13 bits per heavy atom. The quantitative estimate of drug-likeness (QED) is 0.665. The van der Waals surface area contributed by atoms with Gasteiger partial charge in [-0.25, -0.2) is 18.0 Å². The highest BCUT2D eigenvalue weighted by Gasteiger charge is 2.29. The van der Waals surface area contributed by atoms with Crippen LogP contribution in [0.15, 0.2) is 42.5 Å². The highest BCUT2D eigenvalue weighted by molar-refractivity contribution is 6.00. The number of carbonyl (C=O) groups is 2. The van der Waals surface area contributed by atoms with E-state index in [1.165, 1.54) is 35.2 Å². The third-order valence-corrected chi connectivity index (χ3v) is 5.05. The SMILES string of the molecule is NC(=O)c1c(-c2cccc(F)c2)nn2c1CN(C(=O)Nc1ccc(F)c(CF)c1)CC2. The Balaban J connectivity index is 1.61. The van der Waals surface area contributed by atoms with Crippen molar-refractivity contribution < 1.29 is 22.8 Å². The van der Waals surface area contributed by atoms with Crippen molar-refractivity contribution >= 4 is 17.6 Å². The van der Waals surface area contributed by atoms with E-state index in [0.717, 1.165) is 6.07 Å². The first-order chi connectivity index (χ1) is 14.9. The van der Waals surface area contributed by atoms with Gasteiger partial charge in [0.05, 0.1) is 24.3 Å². The molecule has 0 bridgehead atoms. The fourth-order valence-electron chi connectivity index (χ4n) is 3.55. The minimum absolute atomic E-state index is 0.0313. The molecule has 3 N–H and O–H groups in total. The van der Waals surface area contributed by atoms with E-state index in [0.29, 0.717) is 11.3 Å². The van der Waals surface area contributed by atoms with Gasteiger partial charge in [-0.1, -0.05) is 12.1 Å². The number of halogens is 3. The van der Waals surface area contributed by atoms with E-state index in [2.05, 4.69) is 10.4 Å². The lowest BCUT2D eigenvalue weighted by molar-refractivity contribution is 0.0997. The molecule has 3 aromatic rings. The average molecular weight is 429 g/mol. The molecule has 0 saturated carbocycles. The van der Waals surface area contributed by atoms with Gasteiger partial charge in [-0.05, 0) is 30.3 Å². The van der Waals surface area contributed by atoms with Gasteiger partial charge in [-0.3, -0.25) is 9.48 Å². The van der Waals surface area contributed by atoms with E-state index in [-0.39, 0.29) is 42.1 Å². The molecular formula is C21H18F3N5O2. The van der Waals surface area contributed by atoms with Crippen LogP contribution in [-0.2, 0) is 19.8 Å². The predicted octanol–water partition coefficient (Wildman–Crippen LogP) is 3.44. The molecule has 10 heteroatoms. The number of fused-ring (bicyclic) bond motifs is 1. The molecule has 0 atom stereocenters. The molecule has 7 nitrogen and oxygen atoms in total. The second-order valence-corrected chi connectivity index (χ2v) is 7.06. The lowest BCUT2D eigenvalue weighted by atomic mass is 10.0. The fraction of sp³-hybridized carbons (Fsp3) is 0.190. The molecule has 1 aliphatic rings. The monoisotopic (exact) mass is 429 g/mol. The van der Waals surface area contributed by atoms with Crippen molar-refractivity contribution in [3.05, 3.63) is 70.9 Å². The van der Waals surface area contributed by atoms with Crippen molar-refractivity contribution in [2.75, 3.05) is 11.9 Å². The maximum atomic E-state index is 13.7. The van der Waals surface area contributed by atoms with Crippen molar-refractivity contribution in [1.29, 1.82) is 0 Å². The minimum Gasteiger partial charge on any atom is -0.365 e. The number of urea groups is 1. The van der Waals surface area contributed by atoms with Crippen molar-refractivity contribution in [2.24, 2.45) is 5.73 Å². The van der Waals surface area contributed by atoms with E-state index >= 15 is 0 Å². The number of nitrogens with two attached hydrogens (primary N) is 1. The number of nitrogens with zero attached hydrogens (tertiary/aromatic N) is 3. The molecular weight excluding hydrogens is 411 g/mol. The van der Waals surface area contributed by atoms with Crippen LogP contribution in [0, 0.1) is 11.6 Å². The van der Waals surface area contributed by atoms with Crippen LogP contribution in [0.2, 0.25) is 0 Å². The number of rotatable bonds is 4. The first kappa shape index (κ1) is 20.5. The summed E-state index contributed by atoms with van der Waals surface area (Å²) in [5, 5.41) is 7.00. The highest BCUT2D eigenvalue weighted by Crippen LogP contribution is 2.29. The first-order valence-corrected chi connectivity index (χ1v) is 9.43. The van der Waals surface area contributed by atoms with Gasteiger partial charge in [-0.2, -0.15) is 5.10 Å². The summed E-state index contributed by atoms with van der Waals surface area (Å²) < 4.78 is 41.6. The van der Waals surface area contributed by atoms with Gasteiger partial charge in [0, 0.05) is 23.4 Å². The molecule has 0 spiro atoms. The molecule has 2 heterocycles. The summed E-state index contributed by atoms with van der Waals surface area (Å²) in [6, 6.07) is 8.77. The maximum absolute atomic E-state index is 13.7. The average Bonchev–Trinajstić information content (AvgIpc) is 3.14. The summed E-state index contributed by atoms with van der Waals surface area (Å²) in [4.78, 5) is 26.3. The van der Waals surface area contributed by atoms with E-state index in [1.807, 2.05) is 0 Å². The van der Waals surface area contributed by atoms with E-state index in [9.17, 15) is 22.8 Å². The van der Waals surface area contributed by atoms with Crippen LogP contribution in [0.4, 0.5) is 23.7 Å². The summed E-state index contributed by atoms with van der Waals surface area (Å²) in [5.41, 5.74) is 6.84. The zero-order chi connectivity index (χ0) is 22.1. The molecule has 2 aromatic carbocycles. The topological polar surface area (TPSA) is 93.2 Å². The Kier molecular flexibility index (Phi) is 5.37. The van der Waals surface area contributed by atoms with Gasteiger partial charge in [0.25, 0.3) is 5.91 Å². The number of hydrogen-bond donors (Lipinski definition) is 2. The third kappa shape index (κ3) is 3.96. The molecule has 4 rings (SSSR count). The fourth-order valence-corrected chi connectivity index (χ4v) is 3.55. The van der Waals surface area contributed by atoms with E-state index in [1.54, 1.807) is 10.7 Å². The summed E-state index contributed by atoms with van der Waals surface area (Å²) in [6.07, 6.45) is 0. The molecule has 0 saturated heterocycles. The summed E-state index contributed by atoms with van der Waals surface area (Å²) in [7, 11) is 0. The maximum Gasteiger partial charge on any atom is 0.322 e. The Morgan fingerprint density at radius 2 is 1.94 bits per heavy atom. The number of anilines is 1. The highest BCUT2D eigenvalue weighted by atomic mass is 19.1. The standard InChI is InChI=1S/C21H18F3N5O2/c22-10-13-9-15(4-5-16(13)24)26-21(31)28-6-7-29-17(11-28)18(20(25)30)19(27-29)12-2-1-3-14(23)8-12/h1-5,8-9H,6-7,10-11H2,(H2,25,30)(H,26,31). The Morgan fingerprint density at radius 3 is 2.65 bits per heavy atom. The van der Waals surface area contributed by atoms with Crippen LogP contribution < -0.4 is 11.1 Å². The lowest BCUT2D eigenvalue weighted by Gasteiger charge is -2.28. The molecule has 160 valence electrons. The molecule has 0 fully saturated rings. The van der Waals surface area contributed by atoms with Crippen LogP contribution in [-0.4, -0.2) is 33.2 Å². The Hall–Kier alpha value is -3.82. The third-order valence-electron chi connectivity index (χ3n) is 5.05. The zero-order valence-electron chi connectivity index (χ0n) is 16.2. The second-order valence-electron chi connectivity index (χ2n) is 7.06. The van der Waals surface area contributed by atoms with Crippen molar-refractivity contribution in [2.45, 2.75) is 19.8 Å². The number of alkyl halides is 1. The largest absolute Gasteiger partial charge is 0.365 e. The number of aromatic nitrogens is 2. The van der Waals surface area contributed by atoms with Crippen LogP contribution >= 0.6 is 0 Å². The Bertz CT molecular complexity index is 1180.